The van der Waals surface area contributed by atoms with Crippen molar-refractivity contribution in [2.45, 2.75) is 11.8 Å². The number of para-hydroxylation sites is 1. The van der Waals surface area contributed by atoms with E-state index in [1.807, 2.05) is 25.1 Å². The van der Waals surface area contributed by atoms with Crippen LogP contribution in [0.15, 0.2) is 71.6 Å². The standard InChI is InChI=1S/C21H16ClN3O3S2/c1-13-6-11-18-19(12-13)29-21(23-18)24-20(26)16-4-2-3-5-17(16)25-30(27,28)15-9-7-14(22)8-10-15/h2-12,25H,1H3,(H,23,24,26). The zero-order valence-corrected chi connectivity index (χ0v) is 18.1. The average Bonchev–Trinajstić information content (AvgIpc) is 3.09. The fourth-order valence-electron chi connectivity index (χ4n) is 2.84. The third kappa shape index (κ3) is 4.30. The van der Waals surface area contributed by atoms with Crippen molar-refractivity contribution in [1.82, 2.24) is 4.98 Å². The third-order valence-electron chi connectivity index (χ3n) is 4.30. The van der Waals surface area contributed by atoms with Gasteiger partial charge in [0, 0.05) is 5.02 Å². The molecular formula is C21H16ClN3O3S2. The van der Waals surface area contributed by atoms with Gasteiger partial charge in [0.25, 0.3) is 15.9 Å². The van der Waals surface area contributed by atoms with Gasteiger partial charge in [-0.1, -0.05) is 41.1 Å². The molecule has 0 radical (unpaired) electrons. The van der Waals surface area contributed by atoms with Crippen LogP contribution in [0.5, 0.6) is 0 Å². The molecule has 0 fully saturated rings. The van der Waals surface area contributed by atoms with E-state index in [1.165, 1.54) is 41.7 Å². The fourth-order valence-corrected chi connectivity index (χ4v) is 5.00. The van der Waals surface area contributed by atoms with E-state index in [2.05, 4.69) is 15.0 Å². The van der Waals surface area contributed by atoms with Crippen LogP contribution in [0.3, 0.4) is 0 Å². The Morgan fingerprint density at radius 3 is 2.53 bits per heavy atom. The maximum Gasteiger partial charge on any atom is 0.261 e. The number of halogens is 1. The summed E-state index contributed by atoms with van der Waals surface area (Å²) in [6, 6.07) is 18.0. The first-order valence-electron chi connectivity index (χ1n) is 8.88. The van der Waals surface area contributed by atoms with Gasteiger partial charge in [-0.15, -0.1) is 0 Å². The lowest BCUT2D eigenvalue weighted by molar-refractivity contribution is 0.102. The summed E-state index contributed by atoms with van der Waals surface area (Å²) in [5, 5.41) is 3.63. The Labute approximate surface area is 182 Å². The molecule has 0 bridgehead atoms. The van der Waals surface area contributed by atoms with Crippen LogP contribution in [0, 0.1) is 6.92 Å². The molecule has 2 N–H and O–H groups in total. The summed E-state index contributed by atoms with van der Waals surface area (Å²) < 4.78 is 28.8. The molecule has 0 unspecified atom stereocenters. The molecule has 0 aliphatic rings. The zero-order chi connectivity index (χ0) is 21.3. The van der Waals surface area contributed by atoms with E-state index in [-0.39, 0.29) is 16.1 Å². The molecule has 1 amide bonds. The Bertz CT molecular complexity index is 1350. The number of aryl methyl sites for hydroxylation is 1. The summed E-state index contributed by atoms with van der Waals surface area (Å²) >= 11 is 7.19. The molecule has 0 aliphatic heterocycles. The number of rotatable bonds is 5. The van der Waals surface area contributed by atoms with Crippen molar-refractivity contribution in [3.63, 3.8) is 0 Å². The second-order valence-electron chi connectivity index (χ2n) is 6.55. The Morgan fingerprint density at radius 2 is 1.77 bits per heavy atom. The number of anilines is 2. The summed E-state index contributed by atoms with van der Waals surface area (Å²) in [5.41, 5.74) is 2.25. The number of sulfonamides is 1. The first-order valence-corrected chi connectivity index (χ1v) is 11.6. The van der Waals surface area contributed by atoms with Crippen LogP contribution >= 0.6 is 22.9 Å². The van der Waals surface area contributed by atoms with E-state index >= 15 is 0 Å². The van der Waals surface area contributed by atoms with Gasteiger partial charge in [0.05, 0.1) is 26.4 Å². The second-order valence-corrected chi connectivity index (χ2v) is 9.70. The number of thiazole rings is 1. The zero-order valence-electron chi connectivity index (χ0n) is 15.7. The predicted molar refractivity (Wildman–Crippen MR) is 121 cm³/mol. The molecule has 1 aromatic heterocycles. The Morgan fingerprint density at radius 1 is 1.03 bits per heavy atom. The molecule has 152 valence electrons. The number of fused-ring (bicyclic) bond motifs is 1. The lowest BCUT2D eigenvalue weighted by Crippen LogP contribution is -2.18. The van der Waals surface area contributed by atoms with Crippen LogP contribution in [0.2, 0.25) is 5.02 Å². The molecule has 0 saturated carbocycles. The summed E-state index contributed by atoms with van der Waals surface area (Å²) in [4.78, 5) is 17.3. The third-order valence-corrected chi connectivity index (χ3v) is 6.87. The Balaban J connectivity index is 1.60. The van der Waals surface area contributed by atoms with E-state index in [0.29, 0.717) is 10.2 Å². The number of nitrogens with zero attached hydrogens (tertiary/aromatic N) is 1. The molecule has 9 heteroatoms. The highest BCUT2D eigenvalue weighted by atomic mass is 35.5. The molecule has 0 spiro atoms. The van der Waals surface area contributed by atoms with Crippen molar-refractivity contribution >= 4 is 59.9 Å². The molecule has 4 rings (SSSR count). The van der Waals surface area contributed by atoms with Gasteiger partial charge in [0.15, 0.2) is 5.13 Å². The van der Waals surface area contributed by atoms with Crippen LogP contribution in [0.4, 0.5) is 10.8 Å². The summed E-state index contributed by atoms with van der Waals surface area (Å²) in [7, 11) is -3.89. The molecule has 0 atom stereocenters. The minimum Gasteiger partial charge on any atom is -0.298 e. The Kier molecular flexibility index (Phi) is 5.46. The summed E-state index contributed by atoms with van der Waals surface area (Å²) in [6.45, 7) is 1.99. The number of hydrogen-bond acceptors (Lipinski definition) is 5. The van der Waals surface area contributed by atoms with Gasteiger partial charge in [-0.25, -0.2) is 13.4 Å². The van der Waals surface area contributed by atoms with Gasteiger partial charge in [0.1, 0.15) is 0 Å². The van der Waals surface area contributed by atoms with Crippen molar-refractivity contribution < 1.29 is 13.2 Å². The van der Waals surface area contributed by atoms with Gasteiger partial charge in [-0.3, -0.25) is 14.8 Å². The number of benzene rings is 3. The van der Waals surface area contributed by atoms with Gasteiger partial charge >= 0.3 is 0 Å². The maximum absolute atomic E-state index is 12.8. The average molecular weight is 458 g/mol. The Hall–Kier alpha value is -2.94. The van der Waals surface area contributed by atoms with E-state index in [9.17, 15) is 13.2 Å². The first-order chi connectivity index (χ1) is 14.3. The smallest absolute Gasteiger partial charge is 0.261 e. The second kappa shape index (κ2) is 8.06. The molecular weight excluding hydrogens is 442 g/mol. The highest BCUT2D eigenvalue weighted by molar-refractivity contribution is 7.92. The van der Waals surface area contributed by atoms with E-state index in [0.717, 1.165) is 15.8 Å². The molecule has 0 saturated heterocycles. The SMILES string of the molecule is Cc1ccc2nc(NC(=O)c3ccccc3NS(=O)(=O)c3ccc(Cl)cc3)sc2c1. The highest BCUT2D eigenvalue weighted by Crippen LogP contribution is 2.28. The van der Waals surface area contributed by atoms with Gasteiger partial charge in [-0.2, -0.15) is 0 Å². The molecule has 30 heavy (non-hydrogen) atoms. The molecule has 1 heterocycles. The van der Waals surface area contributed by atoms with E-state index in [4.69, 9.17) is 11.6 Å². The van der Waals surface area contributed by atoms with Crippen LogP contribution in [0.1, 0.15) is 15.9 Å². The van der Waals surface area contributed by atoms with Crippen molar-refractivity contribution in [3.8, 4) is 0 Å². The quantitative estimate of drug-likeness (QED) is 0.425. The monoisotopic (exact) mass is 457 g/mol. The number of carbonyl (C=O) groups is 1. The first kappa shape index (κ1) is 20.3. The topological polar surface area (TPSA) is 88.2 Å². The van der Waals surface area contributed by atoms with Gasteiger partial charge in [0.2, 0.25) is 0 Å². The maximum atomic E-state index is 12.8. The van der Waals surface area contributed by atoms with Crippen LogP contribution in [-0.4, -0.2) is 19.3 Å². The number of nitrogens with one attached hydrogen (secondary N) is 2. The van der Waals surface area contributed by atoms with Crippen LogP contribution < -0.4 is 10.0 Å². The van der Waals surface area contributed by atoms with Gasteiger partial charge in [-0.05, 0) is 61.0 Å². The number of amides is 1. The van der Waals surface area contributed by atoms with Crippen molar-refractivity contribution in [2.24, 2.45) is 0 Å². The fraction of sp³-hybridized carbons (Fsp3) is 0.0476. The normalized spacial score (nSPS) is 11.4. The number of carbonyl (C=O) groups excluding carboxylic acids is 1. The van der Waals surface area contributed by atoms with E-state index < -0.39 is 15.9 Å². The lowest BCUT2D eigenvalue weighted by Gasteiger charge is -2.12. The highest BCUT2D eigenvalue weighted by Gasteiger charge is 2.19. The van der Waals surface area contributed by atoms with Crippen LogP contribution in [0.25, 0.3) is 10.2 Å². The minimum atomic E-state index is -3.89. The summed E-state index contributed by atoms with van der Waals surface area (Å²) in [5.74, 6) is -0.458. The largest absolute Gasteiger partial charge is 0.298 e. The van der Waals surface area contributed by atoms with E-state index in [1.54, 1.807) is 18.2 Å². The molecule has 4 aromatic rings. The predicted octanol–water partition coefficient (Wildman–Crippen LogP) is 5.31. The minimum absolute atomic E-state index is 0.0451. The van der Waals surface area contributed by atoms with Gasteiger partial charge < -0.3 is 0 Å². The molecule has 0 aliphatic carbocycles. The summed E-state index contributed by atoms with van der Waals surface area (Å²) in [6.07, 6.45) is 0. The van der Waals surface area contributed by atoms with Crippen molar-refractivity contribution in [3.05, 3.63) is 82.9 Å². The van der Waals surface area contributed by atoms with Crippen molar-refractivity contribution in [2.75, 3.05) is 10.0 Å². The number of hydrogen-bond donors (Lipinski definition) is 2. The lowest BCUT2D eigenvalue weighted by atomic mass is 10.2. The van der Waals surface area contributed by atoms with Crippen molar-refractivity contribution in [1.29, 1.82) is 0 Å². The van der Waals surface area contributed by atoms with Crippen LogP contribution in [-0.2, 0) is 10.0 Å². The number of aromatic nitrogens is 1. The molecule has 6 nitrogen and oxygen atoms in total. The molecule has 3 aromatic carbocycles.